The molecule has 5 heteroatoms. The minimum absolute atomic E-state index is 0.0585. The second kappa shape index (κ2) is 7.45. The van der Waals surface area contributed by atoms with E-state index in [1.807, 2.05) is 30.3 Å². The Morgan fingerprint density at radius 2 is 2.00 bits per heavy atom. The summed E-state index contributed by atoms with van der Waals surface area (Å²) < 4.78 is 19.0. The molecule has 4 nitrogen and oxygen atoms in total. The van der Waals surface area contributed by atoms with Gasteiger partial charge in [-0.15, -0.1) is 0 Å². The third-order valence-electron chi connectivity index (χ3n) is 4.65. The molecule has 3 rings (SSSR count). The van der Waals surface area contributed by atoms with Crippen LogP contribution in [0.25, 0.3) is 0 Å². The van der Waals surface area contributed by atoms with Gasteiger partial charge in [0.05, 0.1) is 24.7 Å². The number of halogens is 1. The molecular formula is C20H19FN2O2. The van der Waals surface area contributed by atoms with E-state index in [1.165, 1.54) is 13.2 Å². The van der Waals surface area contributed by atoms with Crippen molar-refractivity contribution < 1.29 is 13.9 Å². The first-order valence-electron chi connectivity index (χ1n) is 8.16. The van der Waals surface area contributed by atoms with Crippen molar-refractivity contribution in [2.75, 3.05) is 20.2 Å². The maximum absolute atomic E-state index is 14.2. The molecule has 2 aromatic rings. The minimum atomic E-state index is -0.703. The second-order valence-electron chi connectivity index (χ2n) is 6.22. The highest BCUT2D eigenvalue weighted by atomic mass is 19.1. The molecule has 0 radical (unpaired) electrons. The molecule has 1 aliphatic heterocycles. The fraction of sp³-hybridized carbons (Fsp3) is 0.300. The summed E-state index contributed by atoms with van der Waals surface area (Å²) in [5, 5.41) is 9.55. The Kier molecular flexibility index (Phi) is 5.11. The van der Waals surface area contributed by atoms with Crippen LogP contribution < -0.4 is 0 Å². The molecular weight excluding hydrogens is 319 g/mol. The third-order valence-corrected chi connectivity index (χ3v) is 4.65. The highest BCUT2D eigenvalue weighted by Crippen LogP contribution is 2.35. The molecule has 0 aromatic heterocycles. The van der Waals surface area contributed by atoms with E-state index in [4.69, 9.17) is 4.74 Å². The molecule has 1 saturated heterocycles. The van der Waals surface area contributed by atoms with Gasteiger partial charge in [0, 0.05) is 25.6 Å². The number of nitriles is 1. The first kappa shape index (κ1) is 17.1. The van der Waals surface area contributed by atoms with Gasteiger partial charge < -0.3 is 4.74 Å². The SMILES string of the molecule is COC(=O)c1c(F)cccc1C1CN(Cc2ccccc2)C[C@H]1C#N. The van der Waals surface area contributed by atoms with Crippen LogP contribution in [0.15, 0.2) is 48.5 Å². The number of esters is 1. The molecule has 0 aliphatic carbocycles. The number of likely N-dealkylation sites (tertiary alicyclic amines) is 1. The first-order chi connectivity index (χ1) is 12.1. The van der Waals surface area contributed by atoms with Crippen LogP contribution >= 0.6 is 0 Å². The van der Waals surface area contributed by atoms with Crippen LogP contribution in [0, 0.1) is 23.1 Å². The van der Waals surface area contributed by atoms with Gasteiger partial charge in [-0.1, -0.05) is 42.5 Å². The van der Waals surface area contributed by atoms with Gasteiger partial charge in [-0.05, 0) is 17.2 Å². The van der Waals surface area contributed by atoms with Gasteiger partial charge in [0.25, 0.3) is 0 Å². The average molecular weight is 338 g/mol. The number of nitrogens with zero attached hydrogens (tertiary/aromatic N) is 2. The molecule has 1 fully saturated rings. The molecule has 128 valence electrons. The molecule has 2 atom stereocenters. The molecule has 2 aromatic carbocycles. The van der Waals surface area contributed by atoms with E-state index in [1.54, 1.807) is 12.1 Å². The van der Waals surface area contributed by atoms with Crippen LogP contribution in [-0.2, 0) is 11.3 Å². The van der Waals surface area contributed by atoms with E-state index in [2.05, 4.69) is 11.0 Å². The van der Waals surface area contributed by atoms with Crippen LogP contribution in [0.5, 0.6) is 0 Å². The number of ether oxygens (including phenoxy) is 1. The van der Waals surface area contributed by atoms with Gasteiger partial charge in [-0.25, -0.2) is 9.18 Å². The lowest BCUT2D eigenvalue weighted by Gasteiger charge is -2.18. The fourth-order valence-corrected chi connectivity index (χ4v) is 3.47. The lowest BCUT2D eigenvalue weighted by Crippen LogP contribution is -2.20. The highest BCUT2D eigenvalue weighted by molar-refractivity contribution is 5.91. The van der Waals surface area contributed by atoms with Crippen molar-refractivity contribution in [2.24, 2.45) is 5.92 Å². The van der Waals surface area contributed by atoms with Gasteiger partial charge >= 0.3 is 5.97 Å². The smallest absolute Gasteiger partial charge is 0.341 e. The van der Waals surface area contributed by atoms with Gasteiger partial charge in [0.2, 0.25) is 0 Å². The Morgan fingerprint density at radius 3 is 2.68 bits per heavy atom. The van der Waals surface area contributed by atoms with Gasteiger partial charge in [-0.3, -0.25) is 4.90 Å². The highest BCUT2D eigenvalue weighted by Gasteiger charge is 2.36. The van der Waals surface area contributed by atoms with Crippen molar-refractivity contribution in [1.29, 1.82) is 5.26 Å². The molecule has 25 heavy (non-hydrogen) atoms. The predicted molar refractivity (Wildman–Crippen MR) is 91.3 cm³/mol. The standard InChI is InChI=1S/C20H19FN2O2/c1-25-20(24)19-16(8-5-9-18(19)21)17-13-23(12-15(17)10-22)11-14-6-3-2-4-7-14/h2-9,15,17H,11-13H2,1H3/t15-,17?/m1/s1. The van der Waals surface area contributed by atoms with E-state index in [0.717, 1.165) is 12.1 Å². The lowest BCUT2D eigenvalue weighted by atomic mass is 9.86. The monoisotopic (exact) mass is 338 g/mol. The summed E-state index contributed by atoms with van der Waals surface area (Å²) >= 11 is 0. The number of benzene rings is 2. The largest absolute Gasteiger partial charge is 0.465 e. The Hall–Kier alpha value is -2.71. The topological polar surface area (TPSA) is 53.3 Å². The molecule has 0 spiro atoms. The van der Waals surface area contributed by atoms with Gasteiger partial charge in [0.15, 0.2) is 0 Å². The van der Waals surface area contributed by atoms with Crippen molar-refractivity contribution >= 4 is 5.97 Å². The van der Waals surface area contributed by atoms with Crippen LogP contribution in [0.3, 0.4) is 0 Å². The van der Waals surface area contributed by atoms with Gasteiger partial charge in [0.1, 0.15) is 5.82 Å². The van der Waals surface area contributed by atoms with Crippen LogP contribution in [-0.4, -0.2) is 31.1 Å². The number of hydrogen-bond acceptors (Lipinski definition) is 4. The van der Waals surface area contributed by atoms with Crippen LogP contribution in [0.1, 0.15) is 27.4 Å². The first-order valence-corrected chi connectivity index (χ1v) is 8.16. The summed E-state index contributed by atoms with van der Waals surface area (Å²) in [6.45, 7) is 1.91. The molecule has 0 bridgehead atoms. The predicted octanol–water partition coefficient (Wildman–Crippen LogP) is 3.35. The van der Waals surface area contributed by atoms with E-state index < -0.39 is 11.8 Å². The summed E-state index contributed by atoms with van der Waals surface area (Å²) in [5.41, 5.74) is 1.65. The Balaban J connectivity index is 1.88. The maximum Gasteiger partial charge on any atom is 0.341 e. The summed E-state index contributed by atoms with van der Waals surface area (Å²) in [6.07, 6.45) is 0. The quantitative estimate of drug-likeness (QED) is 0.802. The number of methoxy groups -OCH3 is 1. The van der Waals surface area contributed by atoms with Crippen molar-refractivity contribution in [2.45, 2.75) is 12.5 Å². The Morgan fingerprint density at radius 1 is 1.24 bits per heavy atom. The number of carbonyl (C=O) groups excluding carboxylic acids is 1. The molecule has 0 N–H and O–H groups in total. The molecule has 0 saturated carbocycles. The summed E-state index contributed by atoms with van der Waals surface area (Å²) in [5.74, 6) is -1.83. The van der Waals surface area contributed by atoms with Gasteiger partial charge in [-0.2, -0.15) is 5.26 Å². The Labute approximate surface area is 146 Å². The zero-order chi connectivity index (χ0) is 17.8. The Bertz CT molecular complexity index is 801. The van der Waals surface area contributed by atoms with Crippen LogP contribution in [0.4, 0.5) is 4.39 Å². The summed E-state index contributed by atoms with van der Waals surface area (Å²) in [4.78, 5) is 14.2. The third kappa shape index (κ3) is 3.54. The van der Waals surface area contributed by atoms with Crippen molar-refractivity contribution in [3.05, 3.63) is 71.0 Å². The van der Waals surface area contributed by atoms with Crippen LogP contribution in [0.2, 0.25) is 0 Å². The molecule has 0 amide bonds. The zero-order valence-electron chi connectivity index (χ0n) is 14.0. The van der Waals surface area contributed by atoms with Crippen molar-refractivity contribution in [3.8, 4) is 6.07 Å². The number of rotatable bonds is 4. The molecule has 1 heterocycles. The summed E-state index contributed by atoms with van der Waals surface area (Å²) in [6, 6.07) is 16.8. The second-order valence-corrected chi connectivity index (χ2v) is 6.22. The molecule has 1 unspecified atom stereocenters. The summed E-state index contributed by atoms with van der Waals surface area (Å²) in [7, 11) is 1.23. The average Bonchev–Trinajstić information content (AvgIpc) is 3.04. The normalized spacial score (nSPS) is 20.2. The molecule has 1 aliphatic rings. The van der Waals surface area contributed by atoms with Crippen molar-refractivity contribution in [1.82, 2.24) is 4.90 Å². The number of carbonyl (C=O) groups is 1. The minimum Gasteiger partial charge on any atom is -0.465 e. The van der Waals surface area contributed by atoms with E-state index in [0.29, 0.717) is 18.7 Å². The van der Waals surface area contributed by atoms with E-state index in [-0.39, 0.29) is 17.4 Å². The lowest BCUT2D eigenvalue weighted by molar-refractivity contribution is 0.0593. The zero-order valence-corrected chi connectivity index (χ0v) is 14.0. The van der Waals surface area contributed by atoms with E-state index in [9.17, 15) is 14.4 Å². The van der Waals surface area contributed by atoms with Crippen molar-refractivity contribution in [3.63, 3.8) is 0 Å². The van der Waals surface area contributed by atoms with E-state index >= 15 is 0 Å². The number of hydrogen-bond donors (Lipinski definition) is 0. The maximum atomic E-state index is 14.2. The fourth-order valence-electron chi connectivity index (χ4n) is 3.47.